The summed E-state index contributed by atoms with van der Waals surface area (Å²) in [7, 11) is 0. The molecule has 0 aliphatic carbocycles. The van der Waals surface area contributed by atoms with Crippen molar-refractivity contribution in [2.24, 2.45) is 0 Å². The van der Waals surface area contributed by atoms with Crippen LogP contribution in [0.15, 0.2) is 30.5 Å². The number of anilines is 1. The Morgan fingerprint density at radius 3 is 2.74 bits per heavy atom. The number of nitrogens with zero attached hydrogens (tertiary/aromatic N) is 2. The summed E-state index contributed by atoms with van der Waals surface area (Å²) >= 11 is 0. The summed E-state index contributed by atoms with van der Waals surface area (Å²) in [5.41, 5.74) is 2.05. The molecule has 0 saturated carbocycles. The predicted molar refractivity (Wildman–Crippen MR) is 93.0 cm³/mol. The van der Waals surface area contributed by atoms with Crippen LogP contribution in [0.5, 0.6) is 0 Å². The van der Waals surface area contributed by atoms with Crippen LogP contribution in [-0.4, -0.2) is 29.1 Å². The van der Waals surface area contributed by atoms with Crippen molar-refractivity contribution >= 4 is 22.6 Å². The Labute approximate surface area is 137 Å². The average Bonchev–Trinajstić information content (AvgIpc) is 2.90. The lowest BCUT2D eigenvalue weighted by Gasteiger charge is -2.24. The number of ether oxygens (including phenoxy) is 1. The van der Waals surface area contributed by atoms with E-state index in [-0.39, 0.29) is 5.97 Å². The van der Waals surface area contributed by atoms with E-state index in [9.17, 15) is 4.79 Å². The summed E-state index contributed by atoms with van der Waals surface area (Å²) in [6.45, 7) is 8.95. The fourth-order valence-electron chi connectivity index (χ4n) is 3.14. The van der Waals surface area contributed by atoms with Gasteiger partial charge in [0.05, 0.1) is 11.1 Å². The lowest BCUT2D eigenvalue weighted by atomic mass is 10.1. The minimum Gasteiger partial charge on any atom is -0.456 e. The third-order valence-corrected chi connectivity index (χ3v) is 4.23. The lowest BCUT2D eigenvalue weighted by molar-refractivity contribution is 0.00718. The van der Waals surface area contributed by atoms with Crippen LogP contribution in [0.1, 0.15) is 50.9 Å². The Morgan fingerprint density at radius 2 is 2.09 bits per heavy atom. The van der Waals surface area contributed by atoms with Crippen molar-refractivity contribution < 1.29 is 9.53 Å². The van der Waals surface area contributed by atoms with E-state index >= 15 is 0 Å². The molecule has 122 valence electrons. The lowest BCUT2D eigenvalue weighted by Crippen LogP contribution is -2.26. The third kappa shape index (κ3) is 3.31. The van der Waals surface area contributed by atoms with Gasteiger partial charge in [0.2, 0.25) is 0 Å². The molecule has 0 radical (unpaired) electrons. The standard InChI is InChI=1S/C19H24N2O2/c1-13-6-5-11-21(13)14-7-8-17-16(12-14)15(9-10-20-17)18(22)23-19(2,3)4/h7-10,12-13H,5-6,11H2,1-4H3. The van der Waals surface area contributed by atoms with Crippen molar-refractivity contribution in [3.8, 4) is 0 Å². The molecular formula is C19H24N2O2. The smallest absolute Gasteiger partial charge is 0.339 e. The molecule has 4 heteroatoms. The van der Waals surface area contributed by atoms with Gasteiger partial charge in [0, 0.05) is 29.9 Å². The summed E-state index contributed by atoms with van der Waals surface area (Å²) in [6, 6.07) is 8.44. The Balaban J connectivity index is 2.03. The van der Waals surface area contributed by atoms with Gasteiger partial charge in [-0.15, -0.1) is 0 Å². The second-order valence-corrected chi connectivity index (χ2v) is 7.25. The summed E-state index contributed by atoms with van der Waals surface area (Å²) in [6.07, 6.45) is 4.09. The van der Waals surface area contributed by atoms with E-state index < -0.39 is 5.60 Å². The molecule has 2 heterocycles. The molecule has 1 atom stereocenters. The maximum atomic E-state index is 12.5. The Morgan fingerprint density at radius 1 is 1.30 bits per heavy atom. The normalized spacial score (nSPS) is 18.4. The molecule has 0 amide bonds. The Hall–Kier alpha value is -2.10. The van der Waals surface area contributed by atoms with Crippen LogP contribution in [0.2, 0.25) is 0 Å². The van der Waals surface area contributed by atoms with E-state index in [1.807, 2.05) is 26.8 Å². The van der Waals surface area contributed by atoms with Crippen LogP contribution >= 0.6 is 0 Å². The van der Waals surface area contributed by atoms with Gasteiger partial charge >= 0.3 is 5.97 Å². The molecule has 1 aliphatic rings. The number of benzene rings is 1. The number of carbonyl (C=O) groups is 1. The number of hydrogen-bond donors (Lipinski definition) is 0. The first-order valence-corrected chi connectivity index (χ1v) is 8.24. The minimum atomic E-state index is -0.506. The van der Waals surface area contributed by atoms with Crippen LogP contribution in [0.4, 0.5) is 5.69 Å². The molecule has 4 nitrogen and oxygen atoms in total. The van der Waals surface area contributed by atoms with Crippen molar-refractivity contribution in [2.45, 2.75) is 52.2 Å². The third-order valence-electron chi connectivity index (χ3n) is 4.23. The van der Waals surface area contributed by atoms with Gasteiger partial charge in [0.15, 0.2) is 0 Å². The summed E-state index contributed by atoms with van der Waals surface area (Å²) in [4.78, 5) is 19.3. The molecule has 0 N–H and O–H groups in total. The van der Waals surface area contributed by atoms with Crippen molar-refractivity contribution in [3.05, 3.63) is 36.0 Å². The van der Waals surface area contributed by atoms with Crippen LogP contribution in [0.25, 0.3) is 10.9 Å². The van der Waals surface area contributed by atoms with Crippen molar-refractivity contribution in [3.63, 3.8) is 0 Å². The first-order valence-electron chi connectivity index (χ1n) is 8.24. The molecule has 1 aromatic carbocycles. The van der Waals surface area contributed by atoms with Gasteiger partial charge in [-0.2, -0.15) is 0 Å². The quantitative estimate of drug-likeness (QED) is 0.780. The highest BCUT2D eigenvalue weighted by Gasteiger charge is 2.23. The molecule has 23 heavy (non-hydrogen) atoms. The molecule has 1 unspecified atom stereocenters. The van der Waals surface area contributed by atoms with E-state index in [1.165, 1.54) is 12.8 Å². The van der Waals surface area contributed by atoms with Crippen molar-refractivity contribution in [2.75, 3.05) is 11.4 Å². The van der Waals surface area contributed by atoms with Gasteiger partial charge in [0.25, 0.3) is 0 Å². The van der Waals surface area contributed by atoms with Crippen LogP contribution < -0.4 is 4.90 Å². The van der Waals surface area contributed by atoms with E-state index in [1.54, 1.807) is 12.3 Å². The summed E-state index contributed by atoms with van der Waals surface area (Å²) in [5, 5.41) is 0.860. The predicted octanol–water partition coefficient (Wildman–Crippen LogP) is 4.18. The first kappa shape index (κ1) is 15.8. The first-order chi connectivity index (χ1) is 10.8. The van der Waals surface area contributed by atoms with E-state index in [0.29, 0.717) is 11.6 Å². The topological polar surface area (TPSA) is 42.4 Å². The zero-order valence-electron chi connectivity index (χ0n) is 14.3. The number of hydrogen-bond acceptors (Lipinski definition) is 4. The van der Waals surface area contributed by atoms with E-state index in [0.717, 1.165) is 23.1 Å². The summed E-state index contributed by atoms with van der Waals surface area (Å²) in [5.74, 6) is -0.295. The number of carbonyl (C=O) groups excluding carboxylic acids is 1. The van der Waals surface area contributed by atoms with Gasteiger partial charge in [-0.25, -0.2) is 4.79 Å². The van der Waals surface area contributed by atoms with E-state index in [4.69, 9.17) is 4.74 Å². The number of rotatable bonds is 2. The van der Waals surface area contributed by atoms with Gasteiger partial charge in [-0.1, -0.05) is 0 Å². The van der Waals surface area contributed by atoms with Crippen LogP contribution in [0.3, 0.4) is 0 Å². The second-order valence-electron chi connectivity index (χ2n) is 7.25. The molecule has 1 aliphatic heterocycles. The molecule has 1 fully saturated rings. The van der Waals surface area contributed by atoms with Crippen LogP contribution in [-0.2, 0) is 4.74 Å². The molecular weight excluding hydrogens is 288 g/mol. The highest BCUT2D eigenvalue weighted by Crippen LogP contribution is 2.29. The van der Waals surface area contributed by atoms with Gasteiger partial charge in [-0.3, -0.25) is 4.98 Å². The fourth-order valence-corrected chi connectivity index (χ4v) is 3.14. The van der Waals surface area contributed by atoms with E-state index in [2.05, 4.69) is 28.9 Å². The number of fused-ring (bicyclic) bond motifs is 1. The zero-order valence-corrected chi connectivity index (χ0v) is 14.3. The number of esters is 1. The van der Waals surface area contributed by atoms with Gasteiger partial charge in [-0.05, 0) is 64.8 Å². The molecule has 2 aromatic rings. The van der Waals surface area contributed by atoms with Crippen LogP contribution in [0, 0.1) is 0 Å². The number of aromatic nitrogens is 1. The molecule has 3 rings (SSSR count). The maximum Gasteiger partial charge on any atom is 0.339 e. The summed E-state index contributed by atoms with van der Waals surface area (Å²) < 4.78 is 5.54. The minimum absolute atomic E-state index is 0.295. The maximum absolute atomic E-state index is 12.5. The Kier molecular flexibility index (Phi) is 4.00. The average molecular weight is 312 g/mol. The number of pyridine rings is 1. The van der Waals surface area contributed by atoms with Crippen molar-refractivity contribution in [1.29, 1.82) is 0 Å². The monoisotopic (exact) mass is 312 g/mol. The van der Waals surface area contributed by atoms with Gasteiger partial charge in [0.1, 0.15) is 5.60 Å². The molecule has 1 aromatic heterocycles. The zero-order chi connectivity index (χ0) is 16.6. The molecule has 1 saturated heterocycles. The van der Waals surface area contributed by atoms with Gasteiger partial charge < -0.3 is 9.64 Å². The Bertz CT molecular complexity index is 734. The second kappa shape index (κ2) is 5.84. The highest BCUT2D eigenvalue weighted by molar-refractivity contribution is 6.04. The SMILES string of the molecule is CC1CCCN1c1ccc2nccc(C(=O)OC(C)(C)C)c2c1. The fraction of sp³-hybridized carbons (Fsp3) is 0.474. The van der Waals surface area contributed by atoms with Crippen molar-refractivity contribution in [1.82, 2.24) is 4.98 Å². The highest BCUT2D eigenvalue weighted by atomic mass is 16.6. The largest absolute Gasteiger partial charge is 0.456 e. The molecule has 0 bridgehead atoms. The molecule has 0 spiro atoms.